The van der Waals surface area contributed by atoms with Crippen LogP contribution < -0.4 is 15.6 Å². The van der Waals surface area contributed by atoms with Gasteiger partial charge in [-0.25, -0.2) is 4.98 Å². The summed E-state index contributed by atoms with van der Waals surface area (Å²) in [6.07, 6.45) is 6.75. The molecular formula is C22H18ClN5O3S. The summed E-state index contributed by atoms with van der Waals surface area (Å²) < 4.78 is 6.75. The predicted octanol–water partition coefficient (Wildman–Crippen LogP) is 3.36. The Kier molecular flexibility index (Phi) is 4.99. The first-order valence-electron chi connectivity index (χ1n) is 9.95. The standard InChI is InChI=1S/C22H18ClN5O3S/c1-28-11-15(13-7-17(23)24-10-16(13)31-2)14(8-19(28)29)20(30)25-21-27-26-18(32-21)4-3-12-9-22(12)5-6-22/h7-8,10-12H,5-6,9H2,1-2H3,(H,25,27,30). The van der Waals surface area contributed by atoms with E-state index in [2.05, 4.69) is 32.3 Å². The van der Waals surface area contributed by atoms with Crippen LogP contribution in [0, 0.1) is 23.2 Å². The normalized spacial score (nSPS) is 17.4. The minimum Gasteiger partial charge on any atom is -0.494 e. The molecule has 1 unspecified atom stereocenters. The Labute approximate surface area is 192 Å². The number of aryl methyl sites for hydroxylation is 1. The molecule has 0 aromatic carbocycles. The number of hydrogen-bond donors (Lipinski definition) is 1. The second-order valence-electron chi connectivity index (χ2n) is 8.01. The summed E-state index contributed by atoms with van der Waals surface area (Å²) in [5.74, 6) is 6.71. The second kappa shape index (κ2) is 7.73. The second-order valence-corrected chi connectivity index (χ2v) is 9.38. The molecule has 2 saturated carbocycles. The topological polar surface area (TPSA) is 99.0 Å². The maximum absolute atomic E-state index is 13.1. The van der Waals surface area contributed by atoms with Crippen molar-refractivity contribution in [1.29, 1.82) is 0 Å². The van der Waals surface area contributed by atoms with Crippen molar-refractivity contribution in [1.82, 2.24) is 19.7 Å². The summed E-state index contributed by atoms with van der Waals surface area (Å²) in [6.45, 7) is 0. The molecule has 10 heteroatoms. The molecule has 1 spiro atoms. The van der Waals surface area contributed by atoms with E-state index >= 15 is 0 Å². The van der Waals surface area contributed by atoms with Gasteiger partial charge in [-0.2, -0.15) is 0 Å². The number of nitrogens with zero attached hydrogens (tertiary/aromatic N) is 4. The average molecular weight is 468 g/mol. The van der Waals surface area contributed by atoms with E-state index in [0.29, 0.717) is 38.3 Å². The number of anilines is 1. The van der Waals surface area contributed by atoms with Crippen LogP contribution >= 0.6 is 22.9 Å². The molecule has 1 atom stereocenters. The van der Waals surface area contributed by atoms with E-state index < -0.39 is 5.91 Å². The van der Waals surface area contributed by atoms with Gasteiger partial charge in [0, 0.05) is 36.4 Å². The molecule has 0 radical (unpaired) electrons. The maximum Gasteiger partial charge on any atom is 0.258 e. The lowest BCUT2D eigenvalue weighted by atomic mass is 10.0. The van der Waals surface area contributed by atoms with Crippen molar-refractivity contribution < 1.29 is 9.53 Å². The number of halogens is 1. The number of carbonyl (C=O) groups is 1. The molecule has 8 nitrogen and oxygen atoms in total. The fraction of sp³-hybridized carbons (Fsp3) is 0.318. The number of methoxy groups -OCH3 is 1. The smallest absolute Gasteiger partial charge is 0.258 e. The van der Waals surface area contributed by atoms with Crippen molar-refractivity contribution in [2.75, 3.05) is 12.4 Å². The number of ether oxygens (including phenoxy) is 1. The number of aromatic nitrogens is 4. The fourth-order valence-electron chi connectivity index (χ4n) is 3.73. The lowest BCUT2D eigenvalue weighted by Gasteiger charge is -2.13. The Morgan fingerprint density at radius 2 is 2.16 bits per heavy atom. The minimum atomic E-state index is -0.498. The zero-order valence-corrected chi connectivity index (χ0v) is 18.9. The van der Waals surface area contributed by atoms with Gasteiger partial charge < -0.3 is 9.30 Å². The zero-order valence-electron chi connectivity index (χ0n) is 17.3. The average Bonchev–Trinajstić information content (AvgIpc) is 3.66. The summed E-state index contributed by atoms with van der Waals surface area (Å²) in [7, 11) is 3.09. The van der Waals surface area contributed by atoms with E-state index in [1.165, 1.54) is 54.5 Å². The summed E-state index contributed by atoms with van der Waals surface area (Å²) in [4.78, 5) is 29.4. The van der Waals surface area contributed by atoms with Gasteiger partial charge in [0.1, 0.15) is 10.9 Å². The highest BCUT2D eigenvalue weighted by atomic mass is 35.5. The van der Waals surface area contributed by atoms with Crippen LogP contribution in [-0.2, 0) is 7.05 Å². The van der Waals surface area contributed by atoms with E-state index in [1.807, 2.05) is 0 Å². The molecule has 2 aliphatic rings. The quantitative estimate of drug-likeness (QED) is 0.466. The van der Waals surface area contributed by atoms with E-state index in [9.17, 15) is 9.59 Å². The van der Waals surface area contributed by atoms with Crippen molar-refractivity contribution in [2.24, 2.45) is 18.4 Å². The maximum atomic E-state index is 13.1. The molecule has 3 aromatic heterocycles. The van der Waals surface area contributed by atoms with Gasteiger partial charge in [0.05, 0.1) is 18.9 Å². The van der Waals surface area contributed by atoms with Gasteiger partial charge in [0.25, 0.3) is 11.5 Å². The molecule has 2 fully saturated rings. The van der Waals surface area contributed by atoms with Gasteiger partial charge in [-0.15, -0.1) is 10.2 Å². The third-order valence-electron chi connectivity index (χ3n) is 5.90. The van der Waals surface area contributed by atoms with Crippen LogP contribution in [0.3, 0.4) is 0 Å². The highest BCUT2D eigenvalue weighted by Crippen LogP contribution is 2.70. The summed E-state index contributed by atoms with van der Waals surface area (Å²) >= 11 is 7.27. The lowest BCUT2D eigenvalue weighted by molar-refractivity contribution is 0.102. The molecule has 32 heavy (non-hydrogen) atoms. The van der Waals surface area contributed by atoms with Gasteiger partial charge in [0.15, 0.2) is 5.01 Å². The van der Waals surface area contributed by atoms with Gasteiger partial charge in [-0.3, -0.25) is 14.9 Å². The number of amides is 1. The van der Waals surface area contributed by atoms with Gasteiger partial charge in [-0.1, -0.05) is 28.9 Å². The van der Waals surface area contributed by atoms with Crippen LogP contribution in [0.25, 0.3) is 11.1 Å². The third kappa shape index (κ3) is 3.87. The summed E-state index contributed by atoms with van der Waals surface area (Å²) in [6, 6.07) is 2.85. The molecule has 0 saturated heterocycles. The number of rotatable bonds is 4. The minimum absolute atomic E-state index is 0.158. The van der Waals surface area contributed by atoms with E-state index in [0.717, 1.165) is 0 Å². The number of pyridine rings is 2. The SMILES string of the molecule is COc1cnc(Cl)cc1-c1cn(C)c(=O)cc1C(=O)Nc1nnc(C#CC2CC23CC3)s1. The van der Waals surface area contributed by atoms with Crippen molar-refractivity contribution in [2.45, 2.75) is 19.3 Å². The van der Waals surface area contributed by atoms with Crippen molar-refractivity contribution in [3.63, 3.8) is 0 Å². The van der Waals surface area contributed by atoms with Crippen LogP contribution in [0.5, 0.6) is 5.75 Å². The number of carbonyl (C=O) groups excluding carboxylic acids is 1. The first-order valence-corrected chi connectivity index (χ1v) is 11.1. The fourth-order valence-corrected chi connectivity index (χ4v) is 4.48. The molecule has 1 N–H and O–H groups in total. The highest BCUT2D eigenvalue weighted by Gasteiger charge is 2.62. The number of hydrogen-bond acceptors (Lipinski definition) is 7. The van der Waals surface area contributed by atoms with E-state index in [4.69, 9.17) is 16.3 Å². The third-order valence-corrected chi connectivity index (χ3v) is 6.86. The molecular weight excluding hydrogens is 450 g/mol. The van der Waals surface area contributed by atoms with Crippen molar-refractivity contribution in [3.05, 3.63) is 50.6 Å². The van der Waals surface area contributed by atoms with Crippen molar-refractivity contribution in [3.8, 4) is 28.7 Å². The summed E-state index contributed by atoms with van der Waals surface area (Å²) in [5.41, 5.74) is 1.33. The zero-order chi connectivity index (χ0) is 22.5. The van der Waals surface area contributed by atoms with Crippen molar-refractivity contribution >= 4 is 34.0 Å². The Morgan fingerprint density at radius 3 is 2.88 bits per heavy atom. The Hall–Kier alpha value is -3.22. The van der Waals surface area contributed by atoms with Gasteiger partial charge >= 0.3 is 0 Å². The van der Waals surface area contributed by atoms with E-state index in [1.54, 1.807) is 19.3 Å². The molecule has 1 amide bonds. The van der Waals surface area contributed by atoms with Crippen LogP contribution in [-0.4, -0.2) is 32.8 Å². The molecule has 5 rings (SSSR count). The highest BCUT2D eigenvalue weighted by molar-refractivity contribution is 7.15. The van der Waals surface area contributed by atoms with E-state index in [-0.39, 0.29) is 16.3 Å². The first-order chi connectivity index (χ1) is 15.4. The predicted molar refractivity (Wildman–Crippen MR) is 121 cm³/mol. The monoisotopic (exact) mass is 467 g/mol. The molecule has 0 aliphatic heterocycles. The molecule has 162 valence electrons. The first kappa shape index (κ1) is 20.7. The molecule has 0 bridgehead atoms. The number of nitrogens with one attached hydrogen (secondary N) is 1. The van der Waals surface area contributed by atoms with Gasteiger partial charge in [0.2, 0.25) is 5.13 Å². The van der Waals surface area contributed by atoms with Gasteiger partial charge in [-0.05, 0) is 36.7 Å². The van der Waals surface area contributed by atoms with Crippen LogP contribution in [0.1, 0.15) is 34.6 Å². The van der Waals surface area contributed by atoms with Crippen LogP contribution in [0.4, 0.5) is 5.13 Å². The molecule has 3 heterocycles. The summed E-state index contributed by atoms with van der Waals surface area (Å²) in [5, 5.41) is 11.9. The molecule has 2 aliphatic carbocycles. The van der Waals surface area contributed by atoms with Crippen LogP contribution in [0.2, 0.25) is 5.15 Å². The Morgan fingerprint density at radius 1 is 1.34 bits per heavy atom. The Bertz CT molecular complexity index is 1370. The largest absolute Gasteiger partial charge is 0.494 e. The lowest BCUT2D eigenvalue weighted by Crippen LogP contribution is -2.21. The van der Waals surface area contributed by atoms with Crippen LogP contribution in [0.15, 0.2) is 29.3 Å². The molecule has 3 aromatic rings. The Balaban J connectivity index is 1.43.